The minimum atomic E-state index is -0.152. The summed E-state index contributed by atoms with van der Waals surface area (Å²) < 4.78 is 0. The standard InChI is InChI=1S/C25H26N6O2/c1-15-11-24(30-25(27-15)31-9-3-4-10-31)29-17-5-7-23(28-16(2)32)19(12-17)21-14-26-22-8-6-18(33)13-20(21)22/h5-8,11-14,26,33H,3-4,9-10H2,1-2H3,(H,28,32)(H,27,29,30). The number of hydrogen-bond acceptors (Lipinski definition) is 6. The molecular weight excluding hydrogens is 416 g/mol. The Morgan fingerprint density at radius 1 is 1.06 bits per heavy atom. The van der Waals surface area contributed by atoms with Gasteiger partial charge in [-0.05, 0) is 56.2 Å². The molecule has 4 aromatic rings. The molecule has 0 radical (unpaired) electrons. The first-order valence-corrected chi connectivity index (χ1v) is 11.1. The Labute approximate surface area is 191 Å². The Hall–Kier alpha value is -4.07. The van der Waals surface area contributed by atoms with Gasteiger partial charge in [0.15, 0.2) is 0 Å². The molecule has 4 N–H and O–H groups in total. The first-order valence-electron chi connectivity index (χ1n) is 11.1. The summed E-state index contributed by atoms with van der Waals surface area (Å²) in [5.41, 5.74) is 5.03. The molecule has 0 saturated carbocycles. The molecule has 0 aliphatic carbocycles. The Morgan fingerprint density at radius 2 is 1.88 bits per heavy atom. The van der Waals surface area contributed by atoms with Gasteiger partial charge in [0.2, 0.25) is 11.9 Å². The number of aromatic nitrogens is 3. The summed E-state index contributed by atoms with van der Waals surface area (Å²) in [6.07, 6.45) is 4.21. The lowest BCUT2D eigenvalue weighted by molar-refractivity contribution is -0.114. The van der Waals surface area contributed by atoms with Crippen LogP contribution < -0.4 is 15.5 Å². The predicted octanol–water partition coefficient (Wildman–Crippen LogP) is 4.94. The zero-order valence-corrected chi connectivity index (χ0v) is 18.6. The molecule has 2 aromatic heterocycles. The minimum absolute atomic E-state index is 0.152. The van der Waals surface area contributed by atoms with E-state index in [-0.39, 0.29) is 11.7 Å². The highest BCUT2D eigenvalue weighted by atomic mass is 16.3. The van der Waals surface area contributed by atoms with Crippen LogP contribution in [0.25, 0.3) is 22.0 Å². The first-order chi connectivity index (χ1) is 16.0. The van der Waals surface area contributed by atoms with Crippen LogP contribution in [0.5, 0.6) is 5.75 Å². The van der Waals surface area contributed by atoms with E-state index in [9.17, 15) is 9.90 Å². The maximum Gasteiger partial charge on any atom is 0.227 e. The van der Waals surface area contributed by atoms with Crippen molar-refractivity contribution in [1.82, 2.24) is 15.0 Å². The first kappa shape index (κ1) is 20.8. The van der Waals surface area contributed by atoms with E-state index in [0.717, 1.165) is 71.1 Å². The van der Waals surface area contributed by atoms with E-state index < -0.39 is 0 Å². The molecule has 3 heterocycles. The van der Waals surface area contributed by atoms with E-state index >= 15 is 0 Å². The quantitative estimate of drug-likeness (QED) is 0.349. The van der Waals surface area contributed by atoms with Gasteiger partial charge in [-0.3, -0.25) is 4.79 Å². The molecular formula is C25H26N6O2. The molecule has 8 heteroatoms. The van der Waals surface area contributed by atoms with Gasteiger partial charge < -0.3 is 25.6 Å². The highest BCUT2D eigenvalue weighted by molar-refractivity contribution is 6.03. The molecule has 1 aliphatic heterocycles. The molecule has 1 amide bonds. The fourth-order valence-electron chi connectivity index (χ4n) is 4.30. The maximum absolute atomic E-state index is 11.8. The summed E-state index contributed by atoms with van der Waals surface area (Å²) >= 11 is 0. The van der Waals surface area contributed by atoms with Gasteiger partial charge in [-0.2, -0.15) is 4.98 Å². The Morgan fingerprint density at radius 3 is 2.67 bits per heavy atom. The molecule has 8 nitrogen and oxygen atoms in total. The summed E-state index contributed by atoms with van der Waals surface area (Å²) in [7, 11) is 0. The molecule has 5 rings (SSSR count). The average Bonchev–Trinajstić information content (AvgIpc) is 3.44. The normalized spacial score (nSPS) is 13.5. The third-order valence-electron chi connectivity index (χ3n) is 5.79. The number of H-pyrrole nitrogens is 1. The van der Waals surface area contributed by atoms with Crippen LogP contribution in [0, 0.1) is 6.92 Å². The topological polar surface area (TPSA) is 106 Å². The largest absolute Gasteiger partial charge is 0.508 e. The lowest BCUT2D eigenvalue weighted by atomic mass is 10.0. The Balaban J connectivity index is 1.54. The fraction of sp³-hybridized carbons (Fsp3) is 0.240. The third-order valence-corrected chi connectivity index (χ3v) is 5.79. The molecule has 0 atom stereocenters. The highest BCUT2D eigenvalue weighted by Crippen LogP contribution is 2.37. The number of benzene rings is 2. The number of carbonyl (C=O) groups is 1. The van der Waals surface area contributed by atoms with E-state index in [1.165, 1.54) is 6.92 Å². The molecule has 0 unspecified atom stereocenters. The van der Waals surface area contributed by atoms with Gasteiger partial charge in [-0.1, -0.05) is 0 Å². The third kappa shape index (κ3) is 4.32. The number of rotatable bonds is 5. The number of hydrogen-bond donors (Lipinski definition) is 4. The summed E-state index contributed by atoms with van der Waals surface area (Å²) in [6, 6.07) is 12.9. The molecule has 0 spiro atoms. The summed E-state index contributed by atoms with van der Waals surface area (Å²) in [5, 5.41) is 17.2. The van der Waals surface area contributed by atoms with Gasteiger partial charge >= 0.3 is 0 Å². The fourth-order valence-corrected chi connectivity index (χ4v) is 4.30. The molecule has 2 aromatic carbocycles. The number of phenolic OH excluding ortho intramolecular Hbond substituents is 1. The number of aryl methyl sites for hydroxylation is 1. The predicted molar refractivity (Wildman–Crippen MR) is 131 cm³/mol. The van der Waals surface area contributed by atoms with Crippen molar-refractivity contribution in [1.29, 1.82) is 0 Å². The van der Waals surface area contributed by atoms with Crippen LogP contribution in [0.1, 0.15) is 25.5 Å². The number of carbonyl (C=O) groups excluding carboxylic acids is 1. The zero-order valence-electron chi connectivity index (χ0n) is 18.6. The van der Waals surface area contributed by atoms with E-state index in [1.807, 2.05) is 43.5 Å². The van der Waals surface area contributed by atoms with Crippen molar-refractivity contribution in [3.63, 3.8) is 0 Å². The SMILES string of the molecule is CC(=O)Nc1ccc(Nc2cc(C)nc(N3CCCC3)n2)cc1-c1c[nH]c2ccc(O)cc12. The van der Waals surface area contributed by atoms with Crippen molar-refractivity contribution < 1.29 is 9.90 Å². The smallest absolute Gasteiger partial charge is 0.227 e. The van der Waals surface area contributed by atoms with Gasteiger partial charge in [-0.15, -0.1) is 0 Å². The van der Waals surface area contributed by atoms with Gasteiger partial charge in [0, 0.05) is 71.4 Å². The second-order valence-corrected chi connectivity index (χ2v) is 8.39. The van der Waals surface area contributed by atoms with Crippen molar-refractivity contribution in [2.75, 3.05) is 28.6 Å². The van der Waals surface area contributed by atoms with Crippen molar-refractivity contribution in [2.24, 2.45) is 0 Å². The van der Waals surface area contributed by atoms with Crippen molar-refractivity contribution in [3.8, 4) is 16.9 Å². The van der Waals surface area contributed by atoms with Crippen LogP contribution >= 0.6 is 0 Å². The second-order valence-electron chi connectivity index (χ2n) is 8.39. The van der Waals surface area contributed by atoms with Crippen molar-refractivity contribution in [3.05, 3.63) is 54.4 Å². The number of nitrogens with zero attached hydrogens (tertiary/aromatic N) is 3. The van der Waals surface area contributed by atoms with E-state index in [4.69, 9.17) is 4.98 Å². The minimum Gasteiger partial charge on any atom is -0.508 e. The summed E-state index contributed by atoms with van der Waals surface area (Å²) in [5.74, 6) is 1.50. The number of fused-ring (bicyclic) bond motifs is 1. The second kappa shape index (κ2) is 8.46. The molecule has 1 fully saturated rings. The van der Waals surface area contributed by atoms with Crippen LogP contribution in [0.4, 0.5) is 23.1 Å². The van der Waals surface area contributed by atoms with Gasteiger partial charge in [0.1, 0.15) is 11.6 Å². The molecule has 1 saturated heterocycles. The molecule has 168 valence electrons. The number of anilines is 4. The van der Waals surface area contributed by atoms with Gasteiger partial charge in [-0.25, -0.2) is 4.98 Å². The monoisotopic (exact) mass is 442 g/mol. The Kier molecular flexibility index (Phi) is 5.34. The summed E-state index contributed by atoms with van der Waals surface area (Å²) in [6.45, 7) is 5.41. The van der Waals surface area contributed by atoms with E-state index in [2.05, 4.69) is 25.5 Å². The average molecular weight is 443 g/mol. The molecule has 1 aliphatic rings. The maximum atomic E-state index is 11.8. The number of aromatic hydroxyl groups is 1. The summed E-state index contributed by atoms with van der Waals surface area (Å²) in [4.78, 5) is 26.6. The zero-order chi connectivity index (χ0) is 22.9. The molecule has 0 bridgehead atoms. The van der Waals surface area contributed by atoms with Crippen molar-refractivity contribution in [2.45, 2.75) is 26.7 Å². The van der Waals surface area contributed by atoms with Crippen LogP contribution in [-0.2, 0) is 4.79 Å². The highest BCUT2D eigenvalue weighted by Gasteiger charge is 2.17. The van der Waals surface area contributed by atoms with E-state index in [0.29, 0.717) is 5.69 Å². The molecule has 33 heavy (non-hydrogen) atoms. The number of amides is 1. The van der Waals surface area contributed by atoms with Crippen LogP contribution in [-0.4, -0.2) is 39.1 Å². The van der Waals surface area contributed by atoms with Crippen LogP contribution in [0.3, 0.4) is 0 Å². The van der Waals surface area contributed by atoms with Crippen LogP contribution in [0.2, 0.25) is 0 Å². The number of aromatic amines is 1. The lowest BCUT2D eigenvalue weighted by Gasteiger charge is -2.17. The number of nitrogens with one attached hydrogen (secondary N) is 3. The van der Waals surface area contributed by atoms with Gasteiger partial charge in [0.25, 0.3) is 0 Å². The lowest BCUT2D eigenvalue weighted by Crippen LogP contribution is -2.21. The Bertz CT molecular complexity index is 1340. The van der Waals surface area contributed by atoms with Gasteiger partial charge in [0.05, 0.1) is 0 Å². The van der Waals surface area contributed by atoms with Crippen LogP contribution in [0.15, 0.2) is 48.7 Å². The number of phenols is 1. The van der Waals surface area contributed by atoms with Crippen molar-refractivity contribution >= 4 is 40.0 Å². The van der Waals surface area contributed by atoms with E-state index in [1.54, 1.807) is 12.1 Å².